The second-order valence-corrected chi connectivity index (χ2v) is 2.79. The Kier molecular flexibility index (Phi) is 19.3. The second kappa shape index (κ2) is 7.90. The Hall–Kier alpha value is 3.80. The van der Waals surface area contributed by atoms with E-state index in [1.807, 2.05) is 0 Å². The van der Waals surface area contributed by atoms with Gasteiger partial charge in [0.05, 0.1) is 0 Å². The van der Waals surface area contributed by atoms with Gasteiger partial charge in [0, 0.05) is 0 Å². The molecule has 1 N–H and O–H groups in total. The molecule has 0 fully saturated rings. The topological polar surface area (TPSA) is 66.3 Å². The minimum atomic E-state index is -4.31. The normalized spacial score (nSPS) is 8.43. The zero-order valence-corrected chi connectivity index (χ0v) is 12.1. The smallest absolute Gasteiger partial charge is 0.812 e. The van der Waals surface area contributed by atoms with E-state index in [4.69, 9.17) is 14.7 Å². The summed E-state index contributed by atoms with van der Waals surface area (Å²) in [5.74, 6) is 0. The van der Waals surface area contributed by atoms with Crippen LogP contribution in [0.5, 0.6) is 0 Å². The van der Waals surface area contributed by atoms with Gasteiger partial charge >= 0.3 is 103 Å². The van der Waals surface area contributed by atoms with E-state index in [0.29, 0.717) is 0 Å². The first-order valence-corrected chi connectivity index (χ1v) is 3.34. The average molecular weight is 190 g/mol. The fraction of sp³-hybridized carbons (Fsp3) is 0. The molecule has 7 heteroatoms. The minimum Gasteiger partial charge on any atom is -0.812 e. The summed E-state index contributed by atoms with van der Waals surface area (Å²) in [7, 11) is 0. The molecular formula is HK2O3PS. The monoisotopic (exact) mass is 190 g/mol. The predicted octanol–water partition coefficient (Wildman–Crippen LogP) is -8.07. The third-order valence-electron chi connectivity index (χ3n) is 0. The molecule has 0 unspecified atom stereocenters. The Morgan fingerprint density at radius 1 is 1.29 bits per heavy atom. The van der Waals surface area contributed by atoms with Gasteiger partial charge < -0.3 is 14.7 Å². The van der Waals surface area contributed by atoms with Crippen molar-refractivity contribution in [1.29, 1.82) is 0 Å². The molecule has 7 heavy (non-hydrogen) atoms. The molecular weight excluding hydrogens is 189 g/mol. The van der Waals surface area contributed by atoms with E-state index >= 15 is 0 Å². The van der Waals surface area contributed by atoms with Gasteiger partial charge in [-0.2, -0.15) is 0 Å². The molecule has 0 amide bonds. The molecule has 0 aliphatic carbocycles. The summed E-state index contributed by atoms with van der Waals surface area (Å²) in [5.41, 5.74) is 0. The quantitative estimate of drug-likeness (QED) is 0.304. The molecule has 0 rings (SSSR count). The van der Waals surface area contributed by atoms with Crippen molar-refractivity contribution in [2.24, 2.45) is 0 Å². The van der Waals surface area contributed by atoms with E-state index in [1.165, 1.54) is 0 Å². The van der Waals surface area contributed by atoms with Gasteiger partial charge in [0.25, 0.3) is 0 Å². The minimum absolute atomic E-state index is 0. The molecule has 0 aromatic heterocycles. The van der Waals surface area contributed by atoms with E-state index in [-0.39, 0.29) is 103 Å². The van der Waals surface area contributed by atoms with Gasteiger partial charge in [-0.1, -0.05) is 6.72 Å². The van der Waals surface area contributed by atoms with Crippen LogP contribution in [0.3, 0.4) is 0 Å². The Morgan fingerprint density at radius 2 is 1.29 bits per heavy atom. The fourth-order valence-corrected chi connectivity index (χ4v) is 0. The maximum atomic E-state index is 9.03. The van der Waals surface area contributed by atoms with E-state index in [1.54, 1.807) is 0 Å². The zero-order chi connectivity index (χ0) is 4.50. The predicted molar refractivity (Wildman–Crippen MR) is 16.5 cm³/mol. The van der Waals surface area contributed by atoms with Crippen LogP contribution in [0.25, 0.3) is 0 Å². The van der Waals surface area contributed by atoms with Crippen molar-refractivity contribution in [2.75, 3.05) is 0 Å². The van der Waals surface area contributed by atoms with Crippen LogP contribution in [-0.2, 0) is 11.8 Å². The summed E-state index contributed by atoms with van der Waals surface area (Å²) >= 11 is 3.38. The molecule has 0 aliphatic heterocycles. The fourth-order valence-electron chi connectivity index (χ4n) is 0. The van der Waals surface area contributed by atoms with Gasteiger partial charge in [-0.25, -0.2) is 0 Å². The summed E-state index contributed by atoms with van der Waals surface area (Å²) < 4.78 is 0. The molecule has 0 saturated carbocycles. The Balaban J connectivity index is -0.0000000800. The van der Waals surface area contributed by atoms with Crippen molar-refractivity contribution in [3.8, 4) is 0 Å². The summed E-state index contributed by atoms with van der Waals surface area (Å²) in [5, 5.41) is 0. The summed E-state index contributed by atoms with van der Waals surface area (Å²) in [4.78, 5) is 25.4. The molecule has 0 heterocycles. The number of hydrogen-bond acceptors (Lipinski definition) is 3. The third kappa shape index (κ3) is 41.3. The van der Waals surface area contributed by atoms with Crippen LogP contribution in [0.15, 0.2) is 0 Å². The molecule has 0 radical (unpaired) electrons. The van der Waals surface area contributed by atoms with Gasteiger partial charge in [0.1, 0.15) is 0 Å². The van der Waals surface area contributed by atoms with Crippen LogP contribution in [-0.4, -0.2) is 4.89 Å². The van der Waals surface area contributed by atoms with E-state index in [0.717, 1.165) is 0 Å². The Morgan fingerprint density at radius 3 is 1.29 bits per heavy atom. The molecule has 0 spiro atoms. The van der Waals surface area contributed by atoms with Crippen LogP contribution in [0.4, 0.5) is 0 Å². The standard InChI is InChI=1S/2K.H3O3PS/c;;1-4(2,3)5/h;;(H3,1,2,3,5)/q2*+1;/p-2. The Labute approximate surface area is 132 Å². The van der Waals surface area contributed by atoms with Crippen molar-refractivity contribution in [3.63, 3.8) is 0 Å². The van der Waals surface area contributed by atoms with Crippen LogP contribution >= 0.6 is 6.72 Å². The molecule has 0 aliphatic rings. The maximum Gasteiger partial charge on any atom is 1.00 e. The first kappa shape index (κ1) is 17.1. The van der Waals surface area contributed by atoms with E-state index in [9.17, 15) is 0 Å². The molecule has 0 aromatic carbocycles. The van der Waals surface area contributed by atoms with Crippen molar-refractivity contribution >= 4 is 18.5 Å². The van der Waals surface area contributed by atoms with Crippen LogP contribution in [0, 0.1) is 0 Å². The van der Waals surface area contributed by atoms with Crippen LogP contribution in [0.2, 0.25) is 0 Å². The first-order valence-electron chi connectivity index (χ1n) is 0.748. The van der Waals surface area contributed by atoms with Crippen molar-refractivity contribution in [3.05, 3.63) is 0 Å². The third-order valence-corrected chi connectivity index (χ3v) is 0. The summed E-state index contributed by atoms with van der Waals surface area (Å²) in [6.07, 6.45) is 0. The molecule has 0 bridgehead atoms. The van der Waals surface area contributed by atoms with Crippen LogP contribution in [0.1, 0.15) is 0 Å². The van der Waals surface area contributed by atoms with Crippen molar-refractivity contribution in [2.45, 2.75) is 0 Å². The van der Waals surface area contributed by atoms with Crippen LogP contribution < -0.4 is 113 Å². The first-order chi connectivity index (χ1) is 2.00. The van der Waals surface area contributed by atoms with Crippen molar-refractivity contribution in [1.82, 2.24) is 0 Å². The second-order valence-electron chi connectivity index (χ2n) is 0.469. The van der Waals surface area contributed by atoms with Gasteiger partial charge in [0.15, 0.2) is 0 Å². The molecule has 0 atom stereocenters. The molecule has 32 valence electrons. The van der Waals surface area contributed by atoms with Crippen molar-refractivity contribution < 1.29 is 117 Å². The van der Waals surface area contributed by atoms with Gasteiger partial charge in [0.2, 0.25) is 0 Å². The maximum absolute atomic E-state index is 9.03. The zero-order valence-electron chi connectivity index (χ0n) is 4.12. The largest absolute Gasteiger partial charge is 1.00 e. The Bertz CT molecular complexity index is 59.1. The average Bonchev–Trinajstić information content (AvgIpc) is 0.722. The SMILES string of the molecule is [K+].[K+].[O-]P([O-])(O)=S. The van der Waals surface area contributed by atoms with E-state index in [2.05, 4.69) is 11.8 Å². The summed E-state index contributed by atoms with van der Waals surface area (Å²) in [6.45, 7) is -4.31. The molecule has 3 nitrogen and oxygen atoms in total. The van der Waals surface area contributed by atoms with Gasteiger partial charge in [-0.05, 0) is 0 Å². The van der Waals surface area contributed by atoms with Gasteiger partial charge in [-0.15, -0.1) is 11.8 Å². The summed E-state index contributed by atoms with van der Waals surface area (Å²) in [6, 6.07) is 0. The number of rotatable bonds is 0. The molecule has 0 aromatic rings. The van der Waals surface area contributed by atoms with E-state index < -0.39 is 6.72 Å². The molecule has 0 saturated heterocycles. The van der Waals surface area contributed by atoms with Gasteiger partial charge in [-0.3, -0.25) is 0 Å². The number of hydrogen-bond donors (Lipinski definition) is 1.